The highest BCUT2D eigenvalue weighted by Gasteiger charge is 2.41. The van der Waals surface area contributed by atoms with Crippen LogP contribution in [-0.4, -0.2) is 45.2 Å². The van der Waals surface area contributed by atoms with Gasteiger partial charge in [0.15, 0.2) is 0 Å². The molecule has 1 fully saturated rings. The van der Waals surface area contributed by atoms with Crippen molar-refractivity contribution in [2.24, 2.45) is 5.41 Å². The van der Waals surface area contributed by atoms with Gasteiger partial charge in [-0.25, -0.2) is 4.79 Å². The highest BCUT2D eigenvalue weighted by Crippen LogP contribution is 2.23. The lowest BCUT2D eigenvalue weighted by molar-refractivity contribution is -0.167. The molecule has 0 unspecified atom stereocenters. The van der Waals surface area contributed by atoms with Crippen LogP contribution in [0.25, 0.3) is 0 Å². The smallest absolute Gasteiger partial charge is 0.463 e. The first-order valence-corrected chi connectivity index (χ1v) is 5.63. The van der Waals surface area contributed by atoms with Crippen LogP contribution in [0.2, 0.25) is 0 Å². The van der Waals surface area contributed by atoms with Gasteiger partial charge in [-0.05, 0) is 13.3 Å². The van der Waals surface area contributed by atoms with E-state index in [9.17, 15) is 9.59 Å². The molecule has 0 aliphatic carbocycles. The molecule has 1 saturated heterocycles. The first-order valence-electron chi connectivity index (χ1n) is 5.63. The van der Waals surface area contributed by atoms with E-state index in [2.05, 4.69) is 9.47 Å². The van der Waals surface area contributed by atoms with Gasteiger partial charge < -0.3 is 18.9 Å². The van der Waals surface area contributed by atoms with Gasteiger partial charge in [0.05, 0.1) is 6.61 Å². The van der Waals surface area contributed by atoms with Crippen LogP contribution in [0, 0.1) is 5.41 Å². The summed E-state index contributed by atoms with van der Waals surface area (Å²) < 4.78 is 19.5. The molecule has 1 aliphatic heterocycles. The zero-order valence-corrected chi connectivity index (χ0v) is 10.2. The highest BCUT2D eigenvalue weighted by molar-refractivity contribution is 5.78. The van der Waals surface area contributed by atoms with E-state index in [1.54, 1.807) is 6.92 Å². The van der Waals surface area contributed by atoms with Gasteiger partial charge in [-0.2, -0.15) is 0 Å². The number of carbonyl (C=O) groups excluding carboxylic acids is 2. The zero-order chi connectivity index (χ0) is 12.7. The van der Waals surface area contributed by atoms with Gasteiger partial charge in [0.2, 0.25) is 0 Å². The number of carbonyl (C=O) groups is 2. The first-order chi connectivity index (χ1) is 8.08. The fraction of sp³-hybridized carbons (Fsp3) is 0.818. The Morgan fingerprint density at radius 1 is 1.29 bits per heavy atom. The van der Waals surface area contributed by atoms with Gasteiger partial charge in [0, 0.05) is 6.61 Å². The van der Waals surface area contributed by atoms with E-state index in [1.807, 2.05) is 6.92 Å². The third-order valence-electron chi connectivity index (χ3n) is 2.32. The number of cyclic esters (lactones) is 2. The van der Waals surface area contributed by atoms with E-state index in [0.29, 0.717) is 13.2 Å². The molecule has 0 N–H and O–H groups in total. The molecule has 1 aliphatic rings. The van der Waals surface area contributed by atoms with Crippen molar-refractivity contribution in [1.29, 1.82) is 0 Å². The Labute approximate surface area is 100 Å². The summed E-state index contributed by atoms with van der Waals surface area (Å²) in [6.45, 7) is 4.82. The summed E-state index contributed by atoms with van der Waals surface area (Å²) in [5.41, 5.74) is -0.918. The Hall–Kier alpha value is -1.30. The van der Waals surface area contributed by atoms with Gasteiger partial charge in [-0.3, -0.25) is 4.79 Å². The fourth-order valence-electron chi connectivity index (χ4n) is 1.25. The van der Waals surface area contributed by atoms with Crippen LogP contribution in [-0.2, 0) is 23.7 Å². The lowest BCUT2D eigenvalue weighted by Gasteiger charge is -2.29. The predicted molar refractivity (Wildman–Crippen MR) is 57.5 cm³/mol. The second-order valence-electron chi connectivity index (χ2n) is 4.14. The Morgan fingerprint density at radius 3 is 2.53 bits per heavy atom. The Bertz CT molecular complexity index is 265. The lowest BCUT2D eigenvalue weighted by Crippen LogP contribution is -2.44. The van der Waals surface area contributed by atoms with Gasteiger partial charge >= 0.3 is 12.1 Å². The molecule has 17 heavy (non-hydrogen) atoms. The van der Waals surface area contributed by atoms with Crippen LogP contribution in [0.15, 0.2) is 0 Å². The van der Waals surface area contributed by atoms with Crippen molar-refractivity contribution in [1.82, 2.24) is 0 Å². The predicted octanol–water partition coefficient (Wildman–Crippen LogP) is 1.13. The SMILES string of the molecule is CCCOCCOC(=O)C1(C)COC(=O)OC1. The molecule has 0 bridgehead atoms. The minimum Gasteiger partial charge on any atom is -0.463 e. The molecule has 0 aromatic heterocycles. The number of rotatable bonds is 6. The summed E-state index contributed by atoms with van der Waals surface area (Å²) in [7, 11) is 0. The zero-order valence-electron chi connectivity index (χ0n) is 10.2. The van der Waals surface area contributed by atoms with E-state index in [1.165, 1.54) is 0 Å². The average Bonchev–Trinajstić information content (AvgIpc) is 2.32. The molecule has 0 aromatic carbocycles. The van der Waals surface area contributed by atoms with E-state index in [4.69, 9.17) is 9.47 Å². The third kappa shape index (κ3) is 4.22. The second kappa shape index (κ2) is 6.44. The van der Waals surface area contributed by atoms with Crippen LogP contribution in [0.3, 0.4) is 0 Å². The number of hydrogen-bond donors (Lipinski definition) is 0. The molecular weight excluding hydrogens is 228 g/mol. The van der Waals surface area contributed by atoms with Gasteiger partial charge in [-0.1, -0.05) is 6.92 Å². The van der Waals surface area contributed by atoms with E-state index < -0.39 is 17.5 Å². The molecule has 1 rings (SSSR count). The largest absolute Gasteiger partial charge is 0.508 e. The molecule has 98 valence electrons. The molecule has 6 nitrogen and oxygen atoms in total. The maximum atomic E-state index is 11.7. The molecule has 0 aromatic rings. The maximum absolute atomic E-state index is 11.7. The van der Waals surface area contributed by atoms with Crippen molar-refractivity contribution in [2.75, 3.05) is 33.0 Å². The van der Waals surface area contributed by atoms with E-state index in [0.717, 1.165) is 6.42 Å². The minimum atomic E-state index is -0.918. The second-order valence-corrected chi connectivity index (χ2v) is 4.14. The Kier molecular flexibility index (Phi) is 5.21. The summed E-state index contributed by atoms with van der Waals surface area (Å²) >= 11 is 0. The van der Waals surface area contributed by atoms with Crippen molar-refractivity contribution in [2.45, 2.75) is 20.3 Å². The first kappa shape index (κ1) is 13.8. The summed E-state index contributed by atoms with van der Waals surface area (Å²) in [4.78, 5) is 22.4. The molecule has 0 saturated carbocycles. The van der Waals surface area contributed by atoms with Crippen molar-refractivity contribution < 1.29 is 28.5 Å². The monoisotopic (exact) mass is 246 g/mol. The van der Waals surface area contributed by atoms with Gasteiger partial charge in [0.25, 0.3) is 0 Å². The highest BCUT2D eigenvalue weighted by atomic mass is 16.7. The van der Waals surface area contributed by atoms with E-state index >= 15 is 0 Å². The normalized spacial score (nSPS) is 18.1. The summed E-state index contributed by atoms with van der Waals surface area (Å²) in [5, 5.41) is 0. The third-order valence-corrected chi connectivity index (χ3v) is 2.32. The summed E-state index contributed by atoms with van der Waals surface area (Å²) in [6, 6.07) is 0. The Balaban J connectivity index is 2.24. The van der Waals surface area contributed by atoms with E-state index in [-0.39, 0.29) is 19.8 Å². The van der Waals surface area contributed by atoms with Crippen LogP contribution in [0.1, 0.15) is 20.3 Å². The topological polar surface area (TPSA) is 71.1 Å². The fourth-order valence-corrected chi connectivity index (χ4v) is 1.25. The maximum Gasteiger partial charge on any atom is 0.508 e. The van der Waals surface area contributed by atoms with Gasteiger partial charge in [-0.15, -0.1) is 0 Å². The lowest BCUT2D eigenvalue weighted by atomic mass is 9.93. The molecule has 1 heterocycles. The summed E-state index contributed by atoms with van der Waals surface area (Å²) in [6.07, 6.45) is 0.177. The quantitative estimate of drug-likeness (QED) is 0.517. The molecule has 0 atom stereocenters. The standard InChI is InChI=1S/C11H18O6/c1-3-4-14-5-6-15-9(12)11(2)7-16-10(13)17-8-11/h3-8H2,1-2H3. The minimum absolute atomic E-state index is 0.0134. The molecule has 6 heteroatoms. The number of esters is 1. The van der Waals surface area contributed by atoms with Crippen molar-refractivity contribution in [3.05, 3.63) is 0 Å². The van der Waals surface area contributed by atoms with Crippen molar-refractivity contribution in [3.8, 4) is 0 Å². The van der Waals surface area contributed by atoms with Crippen molar-refractivity contribution >= 4 is 12.1 Å². The van der Waals surface area contributed by atoms with Crippen LogP contribution >= 0.6 is 0 Å². The molecule has 0 spiro atoms. The average molecular weight is 246 g/mol. The van der Waals surface area contributed by atoms with Gasteiger partial charge in [0.1, 0.15) is 25.2 Å². The van der Waals surface area contributed by atoms with Crippen LogP contribution in [0.5, 0.6) is 0 Å². The summed E-state index contributed by atoms with van der Waals surface area (Å²) in [5.74, 6) is -0.440. The van der Waals surface area contributed by atoms with Crippen molar-refractivity contribution in [3.63, 3.8) is 0 Å². The molecule has 0 amide bonds. The number of ether oxygens (including phenoxy) is 4. The molecule has 0 radical (unpaired) electrons. The molecular formula is C11H18O6. The Morgan fingerprint density at radius 2 is 1.94 bits per heavy atom. The number of hydrogen-bond acceptors (Lipinski definition) is 6. The van der Waals surface area contributed by atoms with Crippen LogP contribution in [0.4, 0.5) is 4.79 Å². The van der Waals surface area contributed by atoms with Crippen LogP contribution < -0.4 is 0 Å².